The summed E-state index contributed by atoms with van der Waals surface area (Å²) in [6.07, 6.45) is 1.60. The SMILES string of the molecule is CNc1ncnc(-c2ccsc2C)c1C. The molecule has 4 heteroatoms. The number of rotatable bonds is 2. The molecule has 0 aliphatic rings. The molecule has 0 spiro atoms. The first-order valence-corrected chi connectivity index (χ1v) is 5.66. The highest BCUT2D eigenvalue weighted by molar-refractivity contribution is 7.10. The quantitative estimate of drug-likeness (QED) is 0.844. The molecule has 0 atom stereocenters. The molecule has 15 heavy (non-hydrogen) atoms. The lowest BCUT2D eigenvalue weighted by molar-refractivity contribution is 1.13. The summed E-state index contributed by atoms with van der Waals surface area (Å²) in [6.45, 7) is 4.15. The lowest BCUT2D eigenvalue weighted by Gasteiger charge is -2.08. The van der Waals surface area contributed by atoms with Crippen LogP contribution in [-0.4, -0.2) is 17.0 Å². The van der Waals surface area contributed by atoms with Gasteiger partial charge in [0, 0.05) is 23.1 Å². The van der Waals surface area contributed by atoms with Crippen LogP contribution in [0, 0.1) is 13.8 Å². The first-order valence-electron chi connectivity index (χ1n) is 4.78. The molecule has 0 saturated heterocycles. The van der Waals surface area contributed by atoms with Gasteiger partial charge in [-0.05, 0) is 25.3 Å². The van der Waals surface area contributed by atoms with Gasteiger partial charge in [0.05, 0.1) is 5.69 Å². The Morgan fingerprint density at radius 3 is 2.67 bits per heavy atom. The third-order valence-corrected chi connectivity index (χ3v) is 3.28. The zero-order valence-electron chi connectivity index (χ0n) is 9.03. The van der Waals surface area contributed by atoms with Gasteiger partial charge < -0.3 is 5.32 Å². The summed E-state index contributed by atoms with van der Waals surface area (Å²) in [5.41, 5.74) is 3.33. The largest absolute Gasteiger partial charge is 0.373 e. The minimum Gasteiger partial charge on any atom is -0.373 e. The van der Waals surface area contributed by atoms with E-state index in [0.29, 0.717) is 0 Å². The molecule has 0 fully saturated rings. The van der Waals surface area contributed by atoms with Crippen LogP contribution in [0.3, 0.4) is 0 Å². The van der Waals surface area contributed by atoms with Crippen molar-refractivity contribution < 1.29 is 0 Å². The van der Waals surface area contributed by atoms with E-state index in [1.165, 1.54) is 10.4 Å². The van der Waals surface area contributed by atoms with Crippen molar-refractivity contribution in [3.8, 4) is 11.3 Å². The predicted octanol–water partition coefficient (Wildman–Crippen LogP) is 2.86. The average molecular weight is 219 g/mol. The van der Waals surface area contributed by atoms with E-state index < -0.39 is 0 Å². The summed E-state index contributed by atoms with van der Waals surface area (Å²) in [4.78, 5) is 9.81. The number of hydrogen-bond acceptors (Lipinski definition) is 4. The van der Waals surface area contributed by atoms with E-state index in [1.54, 1.807) is 17.7 Å². The molecule has 0 radical (unpaired) electrons. The van der Waals surface area contributed by atoms with Crippen molar-refractivity contribution in [1.29, 1.82) is 0 Å². The topological polar surface area (TPSA) is 37.8 Å². The second kappa shape index (κ2) is 3.98. The normalized spacial score (nSPS) is 10.3. The lowest BCUT2D eigenvalue weighted by Crippen LogP contribution is -1.99. The Morgan fingerprint density at radius 1 is 1.27 bits per heavy atom. The van der Waals surface area contributed by atoms with Gasteiger partial charge >= 0.3 is 0 Å². The highest BCUT2D eigenvalue weighted by Gasteiger charge is 2.10. The minimum absolute atomic E-state index is 0.894. The fourth-order valence-corrected chi connectivity index (χ4v) is 2.30. The fraction of sp³-hybridized carbons (Fsp3) is 0.273. The summed E-state index contributed by atoms with van der Waals surface area (Å²) >= 11 is 1.74. The summed E-state index contributed by atoms with van der Waals surface area (Å²) in [7, 11) is 1.87. The molecular formula is C11H13N3S. The van der Waals surface area contributed by atoms with Gasteiger partial charge in [-0.15, -0.1) is 11.3 Å². The number of nitrogens with zero attached hydrogens (tertiary/aromatic N) is 2. The van der Waals surface area contributed by atoms with Crippen molar-refractivity contribution in [2.75, 3.05) is 12.4 Å². The third-order valence-electron chi connectivity index (χ3n) is 2.43. The lowest BCUT2D eigenvalue weighted by atomic mass is 10.1. The van der Waals surface area contributed by atoms with Crippen LogP contribution in [0.15, 0.2) is 17.8 Å². The number of anilines is 1. The van der Waals surface area contributed by atoms with Crippen LogP contribution in [0.1, 0.15) is 10.4 Å². The highest BCUT2D eigenvalue weighted by Crippen LogP contribution is 2.29. The maximum Gasteiger partial charge on any atom is 0.132 e. The molecule has 2 rings (SSSR count). The van der Waals surface area contributed by atoms with E-state index in [2.05, 4.69) is 33.7 Å². The smallest absolute Gasteiger partial charge is 0.132 e. The molecule has 2 aromatic heterocycles. The van der Waals surface area contributed by atoms with Gasteiger partial charge in [-0.1, -0.05) is 0 Å². The van der Waals surface area contributed by atoms with Crippen molar-refractivity contribution in [2.24, 2.45) is 0 Å². The second-order valence-corrected chi connectivity index (χ2v) is 4.46. The molecule has 0 aliphatic heterocycles. The standard InChI is InChI=1S/C11H13N3S/c1-7-10(9-4-5-15-8(9)2)13-6-14-11(7)12-3/h4-6H,1-3H3,(H,12,13,14). The predicted molar refractivity (Wildman–Crippen MR) is 64.4 cm³/mol. The van der Waals surface area contributed by atoms with E-state index in [9.17, 15) is 0 Å². The van der Waals surface area contributed by atoms with Gasteiger partial charge in [-0.25, -0.2) is 9.97 Å². The Balaban J connectivity index is 2.59. The summed E-state index contributed by atoms with van der Waals surface area (Å²) in [5.74, 6) is 0.894. The summed E-state index contributed by atoms with van der Waals surface area (Å²) in [5, 5.41) is 5.16. The van der Waals surface area contributed by atoms with Gasteiger partial charge in [-0.2, -0.15) is 0 Å². The van der Waals surface area contributed by atoms with E-state index >= 15 is 0 Å². The van der Waals surface area contributed by atoms with Crippen molar-refractivity contribution in [2.45, 2.75) is 13.8 Å². The van der Waals surface area contributed by atoms with Gasteiger partial charge in [0.1, 0.15) is 12.1 Å². The molecule has 0 bridgehead atoms. The Kier molecular flexibility index (Phi) is 2.68. The van der Waals surface area contributed by atoms with E-state index in [4.69, 9.17) is 0 Å². The first-order chi connectivity index (χ1) is 7.24. The molecule has 3 nitrogen and oxygen atoms in total. The van der Waals surface area contributed by atoms with Crippen molar-refractivity contribution >= 4 is 17.2 Å². The number of nitrogens with one attached hydrogen (secondary N) is 1. The Labute approximate surface area is 93.2 Å². The van der Waals surface area contributed by atoms with Gasteiger partial charge in [0.25, 0.3) is 0 Å². The second-order valence-electron chi connectivity index (χ2n) is 3.34. The van der Waals surface area contributed by atoms with Gasteiger partial charge in [0.15, 0.2) is 0 Å². The van der Waals surface area contributed by atoms with Crippen LogP contribution in [0.5, 0.6) is 0 Å². The zero-order valence-corrected chi connectivity index (χ0v) is 9.85. The minimum atomic E-state index is 0.894. The maximum atomic E-state index is 4.35. The molecule has 2 aromatic rings. The van der Waals surface area contributed by atoms with Gasteiger partial charge in [0.2, 0.25) is 0 Å². The molecule has 0 saturated carbocycles. The van der Waals surface area contributed by atoms with Crippen LogP contribution in [-0.2, 0) is 0 Å². The maximum absolute atomic E-state index is 4.35. The zero-order chi connectivity index (χ0) is 10.8. The van der Waals surface area contributed by atoms with E-state index in [0.717, 1.165) is 17.1 Å². The molecule has 2 heterocycles. The summed E-state index contributed by atoms with van der Waals surface area (Å²) in [6, 6.07) is 2.11. The van der Waals surface area contributed by atoms with Crippen LogP contribution in [0.25, 0.3) is 11.3 Å². The van der Waals surface area contributed by atoms with Gasteiger partial charge in [-0.3, -0.25) is 0 Å². The number of thiophene rings is 1. The van der Waals surface area contributed by atoms with E-state index in [1.807, 2.05) is 14.0 Å². The van der Waals surface area contributed by atoms with Crippen LogP contribution in [0.2, 0.25) is 0 Å². The Bertz CT molecular complexity index is 476. The Hall–Kier alpha value is -1.42. The first kappa shape index (κ1) is 10.1. The van der Waals surface area contributed by atoms with E-state index in [-0.39, 0.29) is 0 Å². The van der Waals surface area contributed by atoms with Crippen LogP contribution in [0.4, 0.5) is 5.82 Å². The fourth-order valence-electron chi connectivity index (χ4n) is 1.60. The third kappa shape index (κ3) is 1.72. The van der Waals surface area contributed by atoms with Crippen molar-refractivity contribution in [3.63, 3.8) is 0 Å². The molecule has 0 unspecified atom stereocenters. The molecular weight excluding hydrogens is 206 g/mol. The number of aromatic nitrogens is 2. The van der Waals surface area contributed by atoms with Crippen LogP contribution < -0.4 is 5.32 Å². The summed E-state index contributed by atoms with van der Waals surface area (Å²) < 4.78 is 0. The van der Waals surface area contributed by atoms with Crippen molar-refractivity contribution in [3.05, 3.63) is 28.2 Å². The highest BCUT2D eigenvalue weighted by atomic mass is 32.1. The average Bonchev–Trinajstić information content (AvgIpc) is 2.65. The van der Waals surface area contributed by atoms with Crippen molar-refractivity contribution in [1.82, 2.24) is 9.97 Å². The number of hydrogen-bond donors (Lipinski definition) is 1. The molecule has 1 N–H and O–H groups in total. The number of aryl methyl sites for hydroxylation is 1. The monoisotopic (exact) mass is 219 g/mol. The molecule has 0 amide bonds. The van der Waals surface area contributed by atoms with Crippen LogP contribution >= 0.6 is 11.3 Å². The molecule has 78 valence electrons. The molecule has 0 aromatic carbocycles. The molecule has 0 aliphatic carbocycles. The Morgan fingerprint density at radius 2 is 2.07 bits per heavy atom.